The first-order valence-corrected chi connectivity index (χ1v) is 8.51. The monoisotopic (exact) mass is 347 g/mol. The Morgan fingerprint density at radius 3 is 2.77 bits per heavy atom. The second-order valence-corrected chi connectivity index (χ2v) is 5.87. The van der Waals surface area contributed by atoms with Crippen LogP contribution in [0.15, 0.2) is 61.1 Å². The molecule has 0 atom stereocenters. The van der Waals surface area contributed by atoms with E-state index in [4.69, 9.17) is 0 Å². The zero-order chi connectivity index (χ0) is 18.4. The van der Waals surface area contributed by atoms with Crippen molar-refractivity contribution in [3.63, 3.8) is 0 Å². The van der Waals surface area contributed by atoms with E-state index in [-0.39, 0.29) is 5.91 Å². The molecule has 2 heterocycles. The lowest BCUT2D eigenvalue weighted by Crippen LogP contribution is -2.31. The van der Waals surface area contributed by atoms with E-state index in [9.17, 15) is 4.79 Å². The third kappa shape index (κ3) is 4.22. The Morgan fingerprint density at radius 1 is 1.15 bits per heavy atom. The van der Waals surface area contributed by atoms with Crippen LogP contribution in [-0.2, 0) is 6.54 Å². The standard InChI is InChI=1S/C20H21N5O/c1-3-25(17-8-4-6-15(2)12-17)19(26)18-9-11-22-20(24-18)23-14-16-7-5-10-21-13-16/h4-13H,3,14H2,1-2H3,(H,22,23,24). The van der Waals surface area contributed by atoms with E-state index >= 15 is 0 Å². The van der Waals surface area contributed by atoms with Gasteiger partial charge in [-0.1, -0.05) is 18.2 Å². The molecule has 0 aliphatic heterocycles. The smallest absolute Gasteiger partial charge is 0.277 e. The number of nitrogens with zero attached hydrogens (tertiary/aromatic N) is 4. The highest BCUT2D eigenvalue weighted by molar-refractivity contribution is 6.04. The van der Waals surface area contributed by atoms with Crippen molar-refractivity contribution in [3.05, 3.63) is 77.9 Å². The van der Waals surface area contributed by atoms with Gasteiger partial charge in [-0.15, -0.1) is 0 Å². The molecule has 132 valence electrons. The number of benzene rings is 1. The van der Waals surface area contributed by atoms with Crippen molar-refractivity contribution in [2.45, 2.75) is 20.4 Å². The van der Waals surface area contributed by atoms with Crippen LogP contribution in [0.5, 0.6) is 0 Å². The van der Waals surface area contributed by atoms with E-state index < -0.39 is 0 Å². The van der Waals surface area contributed by atoms with Gasteiger partial charge in [-0.05, 0) is 49.2 Å². The molecule has 0 aliphatic carbocycles. The summed E-state index contributed by atoms with van der Waals surface area (Å²) in [5.41, 5.74) is 3.34. The molecule has 1 N–H and O–H groups in total. The Bertz CT molecular complexity index is 882. The van der Waals surface area contributed by atoms with Crippen molar-refractivity contribution in [2.75, 3.05) is 16.8 Å². The van der Waals surface area contributed by atoms with Gasteiger partial charge >= 0.3 is 0 Å². The van der Waals surface area contributed by atoms with Gasteiger partial charge in [-0.3, -0.25) is 9.78 Å². The minimum atomic E-state index is -0.148. The van der Waals surface area contributed by atoms with Crippen molar-refractivity contribution >= 4 is 17.5 Å². The molecule has 6 nitrogen and oxygen atoms in total. The lowest BCUT2D eigenvalue weighted by atomic mass is 10.2. The number of aryl methyl sites for hydroxylation is 1. The second-order valence-electron chi connectivity index (χ2n) is 5.87. The van der Waals surface area contributed by atoms with Gasteiger partial charge in [0.2, 0.25) is 5.95 Å². The summed E-state index contributed by atoms with van der Waals surface area (Å²) in [6, 6.07) is 13.3. The maximum Gasteiger partial charge on any atom is 0.277 e. The summed E-state index contributed by atoms with van der Waals surface area (Å²) >= 11 is 0. The first-order chi connectivity index (χ1) is 12.7. The Hall–Kier alpha value is -3.28. The van der Waals surface area contributed by atoms with Gasteiger partial charge in [0.25, 0.3) is 5.91 Å². The summed E-state index contributed by atoms with van der Waals surface area (Å²) in [5.74, 6) is 0.268. The SMILES string of the molecule is CCN(C(=O)c1ccnc(NCc2cccnc2)n1)c1cccc(C)c1. The molecule has 1 amide bonds. The van der Waals surface area contributed by atoms with Crippen LogP contribution in [0.1, 0.15) is 28.5 Å². The van der Waals surface area contributed by atoms with Gasteiger partial charge in [0.1, 0.15) is 5.69 Å². The molecule has 0 spiro atoms. The number of carbonyl (C=O) groups is 1. The zero-order valence-corrected chi connectivity index (χ0v) is 14.9. The maximum absolute atomic E-state index is 12.9. The quantitative estimate of drug-likeness (QED) is 0.739. The van der Waals surface area contributed by atoms with Crippen molar-refractivity contribution in [3.8, 4) is 0 Å². The minimum Gasteiger partial charge on any atom is -0.350 e. The molecule has 3 aromatic rings. The van der Waals surface area contributed by atoms with Crippen LogP contribution >= 0.6 is 0 Å². The van der Waals surface area contributed by atoms with E-state index in [1.165, 1.54) is 0 Å². The van der Waals surface area contributed by atoms with Crippen molar-refractivity contribution < 1.29 is 4.79 Å². The summed E-state index contributed by atoms with van der Waals surface area (Å²) < 4.78 is 0. The van der Waals surface area contributed by atoms with Gasteiger partial charge < -0.3 is 10.2 Å². The normalized spacial score (nSPS) is 10.4. The Kier molecular flexibility index (Phi) is 5.53. The molecule has 0 aliphatic rings. The molecule has 0 unspecified atom stereocenters. The summed E-state index contributed by atoms with van der Waals surface area (Å²) in [7, 11) is 0. The van der Waals surface area contributed by atoms with Crippen molar-refractivity contribution in [2.24, 2.45) is 0 Å². The Balaban J connectivity index is 1.76. The first kappa shape index (κ1) is 17.5. The fourth-order valence-corrected chi connectivity index (χ4v) is 2.62. The summed E-state index contributed by atoms with van der Waals surface area (Å²) in [6.45, 7) is 5.06. The van der Waals surface area contributed by atoms with E-state index in [0.29, 0.717) is 24.7 Å². The molecule has 26 heavy (non-hydrogen) atoms. The number of amides is 1. The molecular formula is C20H21N5O. The highest BCUT2D eigenvalue weighted by Gasteiger charge is 2.18. The number of nitrogens with one attached hydrogen (secondary N) is 1. The van der Waals surface area contributed by atoms with Crippen LogP contribution < -0.4 is 10.2 Å². The Morgan fingerprint density at radius 2 is 2.04 bits per heavy atom. The van der Waals surface area contributed by atoms with E-state index in [1.807, 2.05) is 50.2 Å². The second kappa shape index (κ2) is 8.20. The molecule has 0 fully saturated rings. The molecule has 0 saturated heterocycles. The van der Waals surface area contributed by atoms with E-state index in [1.54, 1.807) is 29.6 Å². The zero-order valence-electron chi connectivity index (χ0n) is 14.9. The topological polar surface area (TPSA) is 71.0 Å². The highest BCUT2D eigenvalue weighted by atomic mass is 16.2. The van der Waals surface area contributed by atoms with Gasteiger partial charge in [0.15, 0.2) is 0 Å². The van der Waals surface area contributed by atoms with Crippen LogP contribution in [0, 0.1) is 6.92 Å². The van der Waals surface area contributed by atoms with E-state index in [0.717, 1.165) is 16.8 Å². The number of rotatable bonds is 6. The number of aromatic nitrogens is 3. The fourth-order valence-electron chi connectivity index (χ4n) is 2.62. The predicted molar refractivity (Wildman–Crippen MR) is 102 cm³/mol. The minimum absolute atomic E-state index is 0.148. The van der Waals surface area contributed by atoms with Crippen LogP contribution in [0.25, 0.3) is 0 Å². The van der Waals surface area contributed by atoms with Crippen LogP contribution in [0.4, 0.5) is 11.6 Å². The van der Waals surface area contributed by atoms with Gasteiger partial charge in [-0.2, -0.15) is 0 Å². The molecule has 0 radical (unpaired) electrons. The van der Waals surface area contributed by atoms with Gasteiger partial charge in [0, 0.05) is 37.4 Å². The fraction of sp³-hybridized carbons (Fsp3) is 0.200. The molecule has 0 bridgehead atoms. The van der Waals surface area contributed by atoms with Gasteiger partial charge in [-0.25, -0.2) is 9.97 Å². The molecule has 2 aromatic heterocycles. The molecule has 1 aromatic carbocycles. The number of hydrogen-bond acceptors (Lipinski definition) is 5. The lowest BCUT2D eigenvalue weighted by Gasteiger charge is -2.21. The number of pyridine rings is 1. The number of hydrogen-bond donors (Lipinski definition) is 1. The number of carbonyl (C=O) groups excluding carboxylic acids is 1. The van der Waals surface area contributed by atoms with Crippen molar-refractivity contribution in [1.82, 2.24) is 15.0 Å². The summed E-state index contributed by atoms with van der Waals surface area (Å²) in [5, 5.41) is 3.13. The summed E-state index contributed by atoms with van der Waals surface area (Å²) in [4.78, 5) is 27.3. The number of anilines is 2. The van der Waals surface area contributed by atoms with Crippen LogP contribution in [0.3, 0.4) is 0 Å². The molecule has 0 saturated carbocycles. The van der Waals surface area contributed by atoms with Crippen LogP contribution in [0.2, 0.25) is 0 Å². The van der Waals surface area contributed by atoms with Crippen molar-refractivity contribution in [1.29, 1.82) is 0 Å². The maximum atomic E-state index is 12.9. The molecular weight excluding hydrogens is 326 g/mol. The lowest BCUT2D eigenvalue weighted by molar-refractivity contribution is 0.0983. The Labute approximate surface area is 153 Å². The third-order valence-electron chi connectivity index (χ3n) is 3.92. The summed E-state index contributed by atoms with van der Waals surface area (Å²) in [6.07, 6.45) is 5.10. The highest BCUT2D eigenvalue weighted by Crippen LogP contribution is 2.18. The van der Waals surface area contributed by atoms with Crippen LogP contribution in [-0.4, -0.2) is 27.4 Å². The molecule has 6 heteroatoms. The van der Waals surface area contributed by atoms with Gasteiger partial charge in [0.05, 0.1) is 0 Å². The largest absolute Gasteiger partial charge is 0.350 e. The average Bonchev–Trinajstić information content (AvgIpc) is 2.68. The predicted octanol–water partition coefficient (Wildman–Crippen LogP) is 3.46. The third-order valence-corrected chi connectivity index (χ3v) is 3.92. The molecule has 3 rings (SSSR count). The first-order valence-electron chi connectivity index (χ1n) is 8.51. The van der Waals surface area contributed by atoms with E-state index in [2.05, 4.69) is 20.3 Å². The average molecular weight is 347 g/mol.